The minimum atomic E-state index is -0.524. The summed E-state index contributed by atoms with van der Waals surface area (Å²) in [5.74, 6) is 0.152. The van der Waals surface area contributed by atoms with E-state index >= 15 is 0 Å². The molecule has 0 bridgehead atoms. The molecule has 0 saturated heterocycles. The number of anilines is 1. The summed E-state index contributed by atoms with van der Waals surface area (Å²) in [7, 11) is 1.90. The van der Waals surface area contributed by atoms with Crippen LogP contribution in [0.2, 0.25) is 0 Å². The van der Waals surface area contributed by atoms with Crippen molar-refractivity contribution in [1.29, 1.82) is 5.26 Å². The van der Waals surface area contributed by atoms with Gasteiger partial charge in [0.2, 0.25) is 5.95 Å². The van der Waals surface area contributed by atoms with Gasteiger partial charge in [0.05, 0.1) is 17.4 Å². The Bertz CT molecular complexity index is 1330. The molecule has 29 heavy (non-hydrogen) atoms. The fraction of sp³-hybridized carbons (Fsp3) is 0.0952. The predicted molar refractivity (Wildman–Crippen MR) is 112 cm³/mol. The Kier molecular flexibility index (Phi) is 4.63. The summed E-state index contributed by atoms with van der Waals surface area (Å²) in [4.78, 5) is 19.1. The van der Waals surface area contributed by atoms with E-state index in [-0.39, 0.29) is 11.5 Å². The van der Waals surface area contributed by atoms with E-state index in [2.05, 4.69) is 25.6 Å². The molecule has 4 aromatic rings. The Morgan fingerprint density at radius 2 is 2.03 bits per heavy atom. The maximum Gasteiger partial charge on any atom is 0.270 e. The highest BCUT2D eigenvalue weighted by Crippen LogP contribution is 2.20. The van der Waals surface area contributed by atoms with Crippen molar-refractivity contribution in [3.8, 4) is 17.3 Å². The number of hydrogen-bond donors (Lipinski definition) is 2. The first-order valence-electron chi connectivity index (χ1n) is 8.89. The zero-order valence-corrected chi connectivity index (χ0v) is 15.8. The summed E-state index contributed by atoms with van der Waals surface area (Å²) in [5, 5.41) is 19.0. The van der Waals surface area contributed by atoms with Gasteiger partial charge in [0.15, 0.2) is 0 Å². The predicted octanol–water partition coefficient (Wildman–Crippen LogP) is 2.95. The first-order chi connectivity index (χ1) is 14.1. The second-order valence-corrected chi connectivity index (χ2v) is 6.47. The molecule has 2 aromatic carbocycles. The number of nitrogens with one attached hydrogen (secondary N) is 2. The van der Waals surface area contributed by atoms with Gasteiger partial charge in [-0.3, -0.25) is 14.5 Å². The van der Waals surface area contributed by atoms with Gasteiger partial charge < -0.3 is 0 Å². The number of rotatable bonds is 4. The Balaban J connectivity index is 1.62. The average molecular weight is 383 g/mol. The van der Waals surface area contributed by atoms with E-state index in [1.54, 1.807) is 18.3 Å². The Morgan fingerprint density at radius 1 is 1.24 bits per heavy atom. The lowest BCUT2D eigenvalue weighted by molar-refractivity contribution is 0.751. The fourth-order valence-corrected chi connectivity index (χ4v) is 3.03. The molecule has 0 aliphatic carbocycles. The lowest BCUT2D eigenvalue weighted by Crippen LogP contribution is -2.16. The molecular weight excluding hydrogens is 366 g/mol. The first kappa shape index (κ1) is 18.1. The Hall–Kier alpha value is -4.25. The van der Waals surface area contributed by atoms with Gasteiger partial charge in [-0.15, -0.1) is 0 Å². The van der Waals surface area contributed by atoms with E-state index in [0.29, 0.717) is 11.3 Å². The first-order valence-corrected chi connectivity index (χ1v) is 8.89. The maximum absolute atomic E-state index is 12.3. The van der Waals surface area contributed by atoms with Gasteiger partial charge in [-0.25, -0.2) is 10.4 Å². The van der Waals surface area contributed by atoms with Crippen LogP contribution in [0.1, 0.15) is 16.8 Å². The molecule has 0 aliphatic rings. The van der Waals surface area contributed by atoms with E-state index in [1.165, 1.54) is 0 Å². The van der Waals surface area contributed by atoms with Crippen molar-refractivity contribution in [3.63, 3.8) is 0 Å². The number of nitrogens with zero attached hydrogens (tertiary/aromatic N) is 5. The molecule has 0 radical (unpaired) electrons. The number of fused-ring (bicyclic) bond motifs is 1. The number of aromatic nitrogens is 4. The monoisotopic (exact) mass is 383 g/mol. The van der Waals surface area contributed by atoms with Crippen LogP contribution in [0, 0.1) is 18.3 Å². The third kappa shape index (κ3) is 3.49. The lowest BCUT2D eigenvalue weighted by Gasteiger charge is -2.05. The van der Waals surface area contributed by atoms with Gasteiger partial charge in [-0.1, -0.05) is 42.5 Å². The van der Waals surface area contributed by atoms with Gasteiger partial charge in [0, 0.05) is 23.7 Å². The normalized spacial score (nSPS) is 11.1. The average Bonchev–Trinajstić information content (AvgIpc) is 3.01. The zero-order valence-electron chi connectivity index (χ0n) is 15.8. The highest BCUT2D eigenvalue weighted by atomic mass is 16.1. The molecule has 8 nitrogen and oxygen atoms in total. The number of nitriles is 1. The second-order valence-electron chi connectivity index (χ2n) is 6.47. The topological polar surface area (TPSA) is 112 Å². The number of aryl methyl sites for hydroxylation is 2. The van der Waals surface area contributed by atoms with Gasteiger partial charge in [-0.2, -0.15) is 15.5 Å². The zero-order chi connectivity index (χ0) is 20.4. The molecule has 4 rings (SSSR count). The van der Waals surface area contributed by atoms with Crippen molar-refractivity contribution < 1.29 is 0 Å². The number of hydrazone groups is 1. The van der Waals surface area contributed by atoms with E-state index in [4.69, 9.17) is 0 Å². The van der Waals surface area contributed by atoms with Crippen molar-refractivity contribution in [3.05, 3.63) is 75.7 Å². The summed E-state index contributed by atoms with van der Waals surface area (Å²) in [5.41, 5.74) is 5.97. The lowest BCUT2D eigenvalue weighted by atomic mass is 10.1. The molecule has 0 saturated carbocycles. The summed E-state index contributed by atoms with van der Waals surface area (Å²) in [6, 6.07) is 16.8. The SMILES string of the molecule is Cc1c2ccc(C=NNc3nc(-c4ccccc4)c(C#N)c(=O)[nH]3)cc2nn1C. The van der Waals surface area contributed by atoms with Crippen LogP contribution in [-0.4, -0.2) is 26.0 Å². The van der Waals surface area contributed by atoms with Gasteiger partial charge >= 0.3 is 0 Å². The van der Waals surface area contributed by atoms with E-state index in [0.717, 1.165) is 22.2 Å². The fourth-order valence-electron chi connectivity index (χ4n) is 3.03. The molecule has 2 heterocycles. The van der Waals surface area contributed by atoms with Crippen molar-refractivity contribution in [1.82, 2.24) is 19.7 Å². The molecule has 0 aliphatic heterocycles. The van der Waals surface area contributed by atoms with Crippen LogP contribution in [0.5, 0.6) is 0 Å². The van der Waals surface area contributed by atoms with Gasteiger partial charge in [-0.05, 0) is 18.6 Å². The minimum Gasteiger partial charge on any atom is -0.290 e. The molecule has 0 unspecified atom stereocenters. The third-order valence-corrected chi connectivity index (χ3v) is 4.62. The summed E-state index contributed by atoms with van der Waals surface area (Å²) in [6.07, 6.45) is 1.61. The molecule has 0 amide bonds. The molecule has 0 spiro atoms. The number of H-pyrrole nitrogens is 1. The standard InChI is InChI=1S/C21H17N7O/c1-13-16-9-8-14(10-18(16)27-28(13)2)12-23-26-21-24-19(15-6-4-3-5-7-15)17(11-22)20(29)25-21/h3-10,12H,1-2H3,(H2,24,25,26,29). The third-order valence-electron chi connectivity index (χ3n) is 4.62. The highest BCUT2D eigenvalue weighted by Gasteiger charge is 2.12. The van der Waals surface area contributed by atoms with E-state index in [1.807, 2.05) is 61.1 Å². The minimum absolute atomic E-state index is 0.0401. The van der Waals surface area contributed by atoms with Crippen LogP contribution in [0.25, 0.3) is 22.2 Å². The molecule has 8 heteroatoms. The molecule has 0 fully saturated rings. The number of hydrogen-bond acceptors (Lipinski definition) is 6. The van der Waals surface area contributed by atoms with Crippen LogP contribution < -0.4 is 11.0 Å². The van der Waals surface area contributed by atoms with Crippen LogP contribution >= 0.6 is 0 Å². The molecule has 2 aromatic heterocycles. The smallest absolute Gasteiger partial charge is 0.270 e. The Labute approximate surface area is 166 Å². The van der Waals surface area contributed by atoms with Crippen LogP contribution in [0.15, 0.2) is 58.4 Å². The summed E-state index contributed by atoms with van der Waals surface area (Å²) >= 11 is 0. The second kappa shape index (κ2) is 7.40. The largest absolute Gasteiger partial charge is 0.290 e. The number of benzene rings is 2. The Morgan fingerprint density at radius 3 is 2.79 bits per heavy atom. The molecule has 2 N–H and O–H groups in total. The van der Waals surface area contributed by atoms with Gasteiger partial charge in [0.1, 0.15) is 11.6 Å². The quantitative estimate of drug-likeness (QED) is 0.416. The van der Waals surface area contributed by atoms with Crippen molar-refractivity contribution in [2.75, 3.05) is 5.43 Å². The molecule has 0 atom stereocenters. The number of aromatic amines is 1. The van der Waals surface area contributed by atoms with Crippen LogP contribution in [0.4, 0.5) is 5.95 Å². The van der Waals surface area contributed by atoms with E-state index < -0.39 is 5.56 Å². The van der Waals surface area contributed by atoms with Crippen LogP contribution in [0.3, 0.4) is 0 Å². The molecular formula is C21H17N7O. The summed E-state index contributed by atoms with van der Waals surface area (Å²) < 4.78 is 1.83. The summed E-state index contributed by atoms with van der Waals surface area (Å²) in [6.45, 7) is 2.02. The van der Waals surface area contributed by atoms with Crippen molar-refractivity contribution >= 4 is 23.1 Å². The molecule has 142 valence electrons. The highest BCUT2D eigenvalue weighted by molar-refractivity contribution is 5.89. The van der Waals surface area contributed by atoms with Gasteiger partial charge in [0.25, 0.3) is 5.56 Å². The van der Waals surface area contributed by atoms with E-state index in [9.17, 15) is 10.1 Å². The van der Waals surface area contributed by atoms with Crippen LogP contribution in [-0.2, 0) is 7.05 Å². The maximum atomic E-state index is 12.3. The van der Waals surface area contributed by atoms with Crippen molar-refractivity contribution in [2.24, 2.45) is 12.1 Å². The van der Waals surface area contributed by atoms with Crippen molar-refractivity contribution in [2.45, 2.75) is 6.92 Å².